The maximum atomic E-state index is 9.90. The van der Waals surface area contributed by atoms with Crippen LogP contribution in [0.2, 0.25) is 0 Å². The smallest absolute Gasteiger partial charge is 0.300 e. The molecule has 0 bridgehead atoms. The van der Waals surface area contributed by atoms with E-state index in [0.717, 1.165) is 6.92 Å². The Morgan fingerprint density at radius 2 is 1.27 bits per heavy atom. The summed E-state index contributed by atoms with van der Waals surface area (Å²) in [7, 11) is 0. The Labute approximate surface area is 126 Å². The Morgan fingerprint density at radius 3 is 1.45 bits per heavy atom. The first-order valence-electron chi connectivity index (χ1n) is 5.96. The van der Waals surface area contributed by atoms with Crippen molar-refractivity contribution in [3.8, 4) is 0 Å². The fraction of sp³-hybridized carbons (Fsp3) is 0.818. The molecule has 0 aromatic heterocycles. The van der Waals surface area contributed by atoms with E-state index < -0.39 is 43.1 Å². The van der Waals surface area contributed by atoms with E-state index in [2.05, 4.69) is 0 Å². The Morgan fingerprint density at radius 1 is 0.909 bits per heavy atom. The molecule has 0 saturated heterocycles. The summed E-state index contributed by atoms with van der Waals surface area (Å²) in [5.41, 5.74) is 0. The van der Waals surface area contributed by atoms with Gasteiger partial charge in [0.2, 0.25) is 0 Å². The summed E-state index contributed by atoms with van der Waals surface area (Å²) in [6.07, 6.45) is -7.79. The highest BCUT2D eigenvalue weighted by Crippen LogP contribution is 2.02. The van der Waals surface area contributed by atoms with Crippen LogP contribution in [-0.2, 0) is 9.59 Å². The summed E-state index contributed by atoms with van der Waals surface area (Å²) in [5, 5.41) is 75.0. The number of aliphatic hydroxyl groups is 8. The lowest BCUT2D eigenvalue weighted by Crippen LogP contribution is -2.46. The number of rotatable bonds is 7. The van der Waals surface area contributed by atoms with Crippen molar-refractivity contribution in [3.05, 3.63) is 0 Å². The molecular weight excluding hydrogens is 308 g/mol. The summed E-state index contributed by atoms with van der Waals surface area (Å²) in [4.78, 5) is 18.9. The van der Waals surface area contributed by atoms with Crippen LogP contribution in [0.1, 0.15) is 6.92 Å². The van der Waals surface area contributed by atoms with E-state index in [-0.39, 0.29) is 19.5 Å². The van der Waals surface area contributed by atoms with Gasteiger partial charge in [-0.05, 0) is 0 Å². The Bertz CT molecular complexity index is 265. The number of carboxylic acid groups (broad SMARTS) is 1. The zero-order chi connectivity index (χ0) is 18.3. The monoisotopic (exact) mass is 332 g/mol. The molecule has 0 aliphatic rings. The van der Waals surface area contributed by atoms with Gasteiger partial charge in [0.05, 0.1) is 19.8 Å². The molecule has 0 aliphatic heterocycles. The first-order chi connectivity index (χ1) is 10.1. The third kappa shape index (κ3) is 16.9. The fourth-order valence-electron chi connectivity index (χ4n) is 0.676. The van der Waals surface area contributed by atoms with Crippen LogP contribution in [0.15, 0.2) is 0 Å². The van der Waals surface area contributed by atoms with Crippen molar-refractivity contribution in [1.82, 2.24) is 0 Å². The molecular formula is C11H24O11. The van der Waals surface area contributed by atoms with E-state index in [0.29, 0.717) is 0 Å². The van der Waals surface area contributed by atoms with E-state index in [1.54, 1.807) is 0 Å². The number of carbonyl (C=O) groups is 2. The summed E-state index contributed by atoms with van der Waals surface area (Å²) in [5.74, 6) is -0.833. The van der Waals surface area contributed by atoms with Crippen LogP contribution in [0.5, 0.6) is 0 Å². The molecule has 134 valence electrons. The maximum absolute atomic E-state index is 9.90. The molecule has 9 N–H and O–H groups in total. The molecule has 0 fully saturated rings. The topological polar surface area (TPSA) is 216 Å². The predicted molar refractivity (Wildman–Crippen MR) is 70.7 cm³/mol. The standard InChI is InChI=1S/C6H12O6.C3H8O3.C2H4O2/c7-1-3(9)5(11)6(12)4(10)2-8;4-1-3(6)2-5;1-2(3)4/h1,3-6,8-12H,2H2;3-6H,1-2H2;1H3,(H,3,4)/t3-,4+,5+,6+;;/m0../s1. The molecule has 4 atom stereocenters. The van der Waals surface area contributed by atoms with Crippen molar-refractivity contribution < 1.29 is 55.5 Å². The van der Waals surface area contributed by atoms with E-state index in [4.69, 9.17) is 50.8 Å². The lowest BCUT2D eigenvalue weighted by Gasteiger charge is -2.22. The second-order valence-electron chi connectivity index (χ2n) is 3.90. The molecule has 11 heteroatoms. The van der Waals surface area contributed by atoms with Crippen LogP contribution in [0, 0.1) is 0 Å². The molecule has 0 aliphatic carbocycles. The third-order valence-electron chi connectivity index (χ3n) is 1.84. The molecule has 11 nitrogen and oxygen atoms in total. The highest BCUT2D eigenvalue weighted by atomic mass is 16.4. The maximum Gasteiger partial charge on any atom is 0.300 e. The van der Waals surface area contributed by atoms with Crippen LogP contribution in [-0.4, -0.2) is 109 Å². The van der Waals surface area contributed by atoms with Gasteiger partial charge in [-0.25, -0.2) is 0 Å². The van der Waals surface area contributed by atoms with Crippen molar-refractivity contribution in [2.24, 2.45) is 0 Å². The highest BCUT2D eigenvalue weighted by Gasteiger charge is 2.29. The molecule has 0 heterocycles. The summed E-state index contributed by atoms with van der Waals surface area (Å²) >= 11 is 0. The highest BCUT2D eigenvalue weighted by molar-refractivity contribution is 5.62. The predicted octanol–water partition coefficient (Wildman–Crippen LogP) is -4.96. The van der Waals surface area contributed by atoms with Gasteiger partial charge < -0.3 is 50.8 Å². The molecule has 22 heavy (non-hydrogen) atoms. The molecule has 0 spiro atoms. The Kier molecular flexibility index (Phi) is 19.0. The van der Waals surface area contributed by atoms with Crippen LogP contribution in [0.3, 0.4) is 0 Å². The van der Waals surface area contributed by atoms with Crippen molar-refractivity contribution in [3.63, 3.8) is 0 Å². The number of hydrogen-bond acceptors (Lipinski definition) is 10. The Balaban J connectivity index is -0.000000300. The van der Waals surface area contributed by atoms with Crippen LogP contribution in [0.4, 0.5) is 0 Å². The number of aliphatic hydroxyl groups excluding tert-OH is 8. The van der Waals surface area contributed by atoms with Crippen LogP contribution < -0.4 is 0 Å². The van der Waals surface area contributed by atoms with Crippen molar-refractivity contribution >= 4 is 12.3 Å². The zero-order valence-corrected chi connectivity index (χ0v) is 11.9. The first-order valence-corrected chi connectivity index (χ1v) is 5.96. The second-order valence-corrected chi connectivity index (χ2v) is 3.90. The number of carbonyl (C=O) groups excluding carboxylic acids is 1. The quantitative estimate of drug-likeness (QED) is 0.201. The van der Waals surface area contributed by atoms with Gasteiger partial charge in [-0.2, -0.15) is 0 Å². The van der Waals surface area contributed by atoms with Gasteiger partial charge in [0.1, 0.15) is 30.5 Å². The Hall–Kier alpha value is -1.18. The molecule has 0 rings (SSSR count). The molecule has 0 aromatic rings. The minimum absolute atomic E-state index is 0.0258. The zero-order valence-electron chi connectivity index (χ0n) is 11.9. The fourth-order valence-corrected chi connectivity index (χ4v) is 0.676. The lowest BCUT2D eigenvalue weighted by atomic mass is 10.0. The minimum atomic E-state index is -1.79. The normalized spacial score (nSPS) is 15.4. The van der Waals surface area contributed by atoms with Gasteiger partial charge in [0.25, 0.3) is 5.97 Å². The average molecular weight is 332 g/mol. The number of hydrogen-bond donors (Lipinski definition) is 9. The van der Waals surface area contributed by atoms with Gasteiger partial charge in [0, 0.05) is 6.92 Å². The molecule has 0 unspecified atom stereocenters. The van der Waals surface area contributed by atoms with E-state index in [1.165, 1.54) is 0 Å². The number of aldehydes is 1. The molecule has 0 radical (unpaired) electrons. The van der Waals surface area contributed by atoms with Crippen molar-refractivity contribution in [2.75, 3.05) is 19.8 Å². The molecule has 0 aromatic carbocycles. The van der Waals surface area contributed by atoms with Gasteiger partial charge in [-0.15, -0.1) is 0 Å². The van der Waals surface area contributed by atoms with Gasteiger partial charge in [0.15, 0.2) is 6.29 Å². The largest absolute Gasteiger partial charge is 0.481 e. The third-order valence-corrected chi connectivity index (χ3v) is 1.84. The lowest BCUT2D eigenvalue weighted by molar-refractivity contribution is -0.136. The van der Waals surface area contributed by atoms with Gasteiger partial charge in [-0.1, -0.05) is 0 Å². The van der Waals surface area contributed by atoms with E-state index in [1.807, 2.05) is 0 Å². The van der Waals surface area contributed by atoms with Crippen molar-refractivity contribution in [2.45, 2.75) is 37.4 Å². The van der Waals surface area contributed by atoms with E-state index in [9.17, 15) is 4.79 Å². The summed E-state index contributed by atoms with van der Waals surface area (Å²) in [6, 6.07) is 0. The molecule has 0 amide bonds. The van der Waals surface area contributed by atoms with Gasteiger partial charge >= 0.3 is 0 Å². The molecule has 0 saturated carbocycles. The van der Waals surface area contributed by atoms with Gasteiger partial charge in [-0.3, -0.25) is 4.79 Å². The SMILES string of the molecule is CC(=O)O.O=C[C@H](O)[C@@H](O)[C@H](O)[C@H](O)CO.OCC(O)CO. The second kappa shape index (κ2) is 16.2. The van der Waals surface area contributed by atoms with Crippen molar-refractivity contribution in [1.29, 1.82) is 0 Å². The van der Waals surface area contributed by atoms with Crippen LogP contribution in [0.25, 0.3) is 0 Å². The summed E-state index contributed by atoms with van der Waals surface area (Å²) < 4.78 is 0. The number of carboxylic acids is 1. The summed E-state index contributed by atoms with van der Waals surface area (Å²) in [6.45, 7) is -0.406. The minimum Gasteiger partial charge on any atom is -0.481 e. The van der Waals surface area contributed by atoms with Crippen LogP contribution >= 0.6 is 0 Å². The first kappa shape index (κ1) is 25.8. The average Bonchev–Trinajstić information content (AvgIpc) is 2.50. The number of aliphatic carboxylic acids is 1. The van der Waals surface area contributed by atoms with E-state index >= 15 is 0 Å².